The lowest BCUT2D eigenvalue weighted by Gasteiger charge is -1.93. The number of hydrogen-bond donors (Lipinski definition) is 1. The number of nitrogens with two attached hydrogens (primary N) is 1. The average molecular weight is 185 g/mol. The summed E-state index contributed by atoms with van der Waals surface area (Å²) in [5, 5.41) is 2.01. The van der Waals surface area contributed by atoms with Crippen molar-refractivity contribution in [3.63, 3.8) is 0 Å². The van der Waals surface area contributed by atoms with Gasteiger partial charge in [0, 0.05) is 17.8 Å². The van der Waals surface area contributed by atoms with Gasteiger partial charge in [-0.05, 0) is 30.0 Å². The topological polar surface area (TPSA) is 26.0 Å². The highest BCUT2D eigenvalue weighted by atomic mass is 32.1. The predicted octanol–water partition coefficient (Wildman–Crippen LogP) is 2.41. The molecule has 1 nitrogen and oxygen atoms in total. The first-order chi connectivity index (χ1) is 5.74. The van der Waals surface area contributed by atoms with Crippen molar-refractivity contribution in [3.05, 3.63) is 33.8 Å². The van der Waals surface area contributed by atoms with E-state index < -0.39 is 0 Å². The average Bonchev–Trinajstić information content (AvgIpc) is 2.47. The van der Waals surface area contributed by atoms with Crippen molar-refractivity contribution in [1.29, 1.82) is 0 Å². The lowest BCUT2D eigenvalue weighted by molar-refractivity contribution is 0.614. The third kappa shape index (κ3) is 2.43. The van der Waals surface area contributed by atoms with Crippen LogP contribution in [-0.4, -0.2) is 6.54 Å². The fourth-order valence-corrected chi connectivity index (χ4v) is 1.77. The summed E-state index contributed by atoms with van der Waals surface area (Å²) >= 11 is 1.65. The Hall–Kier alpha value is -0.670. The van der Waals surface area contributed by atoms with E-state index in [4.69, 9.17) is 5.73 Å². The maximum atomic E-state index is 12.6. The summed E-state index contributed by atoms with van der Waals surface area (Å²) in [5.74, 6) is -0.234. The summed E-state index contributed by atoms with van der Waals surface area (Å²) in [6.07, 6.45) is 2.20. The second-order valence-corrected chi connectivity index (χ2v) is 3.59. The quantitative estimate of drug-likeness (QED) is 0.769. The van der Waals surface area contributed by atoms with E-state index in [1.165, 1.54) is 10.4 Å². The van der Waals surface area contributed by atoms with Crippen molar-refractivity contribution in [3.8, 4) is 0 Å². The molecule has 0 bridgehead atoms. The summed E-state index contributed by atoms with van der Waals surface area (Å²) in [4.78, 5) is 1.21. The molecule has 0 spiro atoms. The Morgan fingerprint density at radius 1 is 1.75 bits per heavy atom. The standard InChI is InChI=1S/C9H12FNS/c1-7-4-5-12-9(7)3-2-8(10)6-11/h2,4-5H,3,6,11H2,1H3. The van der Waals surface area contributed by atoms with Crippen LogP contribution >= 0.6 is 11.3 Å². The molecule has 66 valence electrons. The molecule has 0 amide bonds. The Labute approximate surface area is 75.7 Å². The highest BCUT2D eigenvalue weighted by Gasteiger charge is 1.97. The lowest BCUT2D eigenvalue weighted by atomic mass is 10.2. The zero-order valence-corrected chi connectivity index (χ0v) is 7.83. The van der Waals surface area contributed by atoms with Gasteiger partial charge >= 0.3 is 0 Å². The zero-order chi connectivity index (χ0) is 8.97. The molecule has 0 saturated carbocycles. The van der Waals surface area contributed by atoms with Crippen LogP contribution in [0.4, 0.5) is 4.39 Å². The van der Waals surface area contributed by atoms with Crippen molar-refractivity contribution in [1.82, 2.24) is 0 Å². The molecule has 0 atom stereocenters. The van der Waals surface area contributed by atoms with Crippen molar-refractivity contribution in [2.75, 3.05) is 6.54 Å². The van der Waals surface area contributed by atoms with Crippen LogP contribution in [0.3, 0.4) is 0 Å². The molecule has 0 fully saturated rings. The first-order valence-electron chi connectivity index (χ1n) is 3.81. The monoisotopic (exact) mass is 185 g/mol. The van der Waals surface area contributed by atoms with Gasteiger partial charge < -0.3 is 5.73 Å². The first-order valence-corrected chi connectivity index (χ1v) is 4.69. The Morgan fingerprint density at radius 3 is 3.00 bits per heavy atom. The maximum Gasteiger partial charge on any atom is 0.110 e. The van der Waals surface area contributed by atoms with E-state index in [0.717, 1.165) is 0 Å². The van der Waals surface area contributed by atoms with E-state index in [2.05, 4.69) is 0 Å². The predicted molar refractivity (Wildman–Crippen MR) is 51.0 cm³/mol. The summed E-state index contributed by atoms with van der Waals surface area (Å²) in [7, 11) is 0. The van der Waals surface area contributed by atoms with Gasteiger partial charge in [0.15, 0.2) is 0 Å². The van der Waals surface area contributed by atoms with Crippen LogP contribution in [0.25, 0.3) is 0 Å². The van der Waals surface area contributed by atoms with E-state index in [1.54, 1.807) is 17.4 Å². The molecule has 0 unspecified atom stereocenters. The molecular formula is C9H12FNS. The number of halogens is 1. The minimum Gasteiger partial charge on any atom is -0.325 e. The molecule has 1 heterocycles. The Kier molecular flexibility index (Phi) is 3.44. The Morgan fingerprint density at radius 2 is 2.50 bits per heavy atom. The molecule has 0 aliphatic heterocycles. The summed E-state index contributed by atoms with van der Waals surface area (Å²) in [6, 6.07) is 2.04. The normalized spacial score (nSPS) is 12.1. The van der Waals surface area contributed by atoms with Crippen molar-refractivity contribution in [2.24, 2.45) is 5.73 Å². The van der Waals surface area contributed by atoms with Crippen LogP contribution in [-0.2, 0) is 6.42 Å². The summed E-state index contributed by atoms with van der Waals surface area (Å²) in [6.45, 7) is 2.03. The van der Waals surface area contributed by atoms with Crippen LogP contribution in [0.5, 0.6) is 0 Å². The lowest BCUT2D eigenvalue weighted by Crippen LogP contribution is -1.98. The molecule has 2 N–H and O–H groups in total. The fraction of sp³-hybridized carbons (Fsp3) is 0.333. The minimum absolute atomic E-state index is 0.00439. The van der Waals surface area contributed by atoms with Gasteiger partial charge in [0.2, 0.25) is 0 Å². The fourth-order valence-electron chi connectivity index (χ4n) is 0.900. The molecule has 0 saturated heterocycles. The second kappa shape index (κ2) is 4.38. The first kappa shape index (κ1) is 9.42. The van der Waals surface area contributed by atoms with Crippen LogP contribution < -0.4 is 5.73 Å². The van der Waals surface area contributed by atoms with E-state index in [9.17, 15) is 4.39 Å². The summed E-state index contributed by atoms with van der Waals surface area (Å²) in [5.41, 5.74) is 6.33. The van der Waals surface area contributed by atoms with Gasteiger partial charge in [-0.2, -0.15) is 0 Å². The number of hydrogen-bond acceptors (Lipinski definition) is 2. The van der Waals surface area contributed by atoms with Crippen LogP contribution in [0.1, 0.15) is 10.4 Å². The Bertz CT molecular complexity index is 278. The Balaban J connectivity index is 2.59. The molecule has 1 rings (SSSR count). The molecular weight excluding hydrogens is 173 g/mol. The van der Waals surface area contributed by atoms with E-state index >= 15 is 0 Å². The van der Waals surface area contributed by atoms with Gasteiger partial charge in [-0.3, -0.25) is 0 Å². The molecule has 1 aromatic heterocycles. The third-order valence-electron chi connectivity index (χ3n) is 1.67. The van der Waals surface area contributed by atoms with E-state index in [0.29, 0.717) is 6.42 Å². The number of rotatable bonds is 3. The number of allylic oxidation sites excluding steroid dienone is 1. The molecule has 1 aromatic rings. The van der Waals surface area contributed by atoms with Gasteiger partial charge in [-0.15, -0.1) is 11.3 Å². The smallest absolute Gasteiger partial charge is 0.110 e. The maximum absolute atomic E-state index is 12.6. The third-order valence-corrected chi connectivity index (χ3v) is 2.72. The highest BCUT2D eigenvalue weighted by molar-refractivity contribution is 7.10. The minimum atomic E-state index is -0.234. The van der Waals surface area contributed by atoms with E-state index in [1.807, 2.05) is 18.4 Å². The SMILES string of the molecule is Cc1ccsc1CC=C(F)CN. The van der Waals surface area contributed by atoms with Gasteiger partial charge in [-0.1, -0.05) is 0 Å². The molecule has 3 heteroatoms. The van der Waals surface area contributed by atoms with Gasteiger partial charge in [0.05, 0.1) is 0 Å². The molecule has 0 aliphatic carbocycles. The van der Waals surface area contributed by atoms with Crippen molar-refractivity contribution >= 4 is 11.3 Å². The van der Waals surface area contributed by atoms with Crippen LogP contribution in [0.2, 0.25) is 0 Å². The van der Waals surface area contributed by atoms with Gasteiger partial charge in [-0.25, -0.2) is 4.39 Å². The molecule has 0 radical (unpaired) electrons. The largest absolute Gasteiger partial charge is 0.325 e. The van der Waals surface area contributed by atoms with Crippen molar-refractivity contribution in [2.45, 2.75) is 13.3 Å². The number of thiophene rings is 1. The van der Waals surface area contributed by atoms with Gasteiger partial charge in [0.25, 0.3) is 0 Å². The molecule has 12 heavy (non-hydrogen) atoms. The second-order valence-electron chi connectivity index (χ2n) is 2.59. The zero-order valence-electron chi connectivity index (χ0n) is 7.01. The molecule has 0 aliphatic rings. The van der Waals surface area contributed by atoms with Crippen LogP contribution in [0, 0.1) is 6.92 Å². The molecule has 0 aromatic carbocycles. The van der Waals surface area contributed by atoms with Gasteiger partial charge in [0.1, 0.15) is 5.83 Å². The van der Waals surface area contributed by atoms with E-state index in [-0.39, 0.29) is 12.4 Å². The van der Waals surface area contributed by atoms with Crippen LogP contribution in [0.15, 0.2) is 23.3 Å². The number of aryl methyl sites for hydroxylation is 1. The highest BCUT2D eigenvalue weighted by Crippen LogP contribution is 2.16. The summed E-state index contributed by atoms with van der Waals surface area (Å²) < 4.78 is 12.6. The van der Waals surface area contributed by atoms with Crippen molar-refractivity contribution < 1.29 is 4.39 Å².